The summed E-state index contributed by atoms with van der Waals surface area (Å²) < 4.78 is 36.4. The molecular formula is C20H17N3O5S2. The molecule has 0 amide bonds. The minimum Gasteiger partial charge on any atom is -0.465 e. The smallest absolute Gasteiger partial charge is 0.338 e. The first-order valence-electron chi connectivity index (χ1n) is 9.26. The number of aromatic nitrogens is 3. The normalized spacial score (nSPS) is 18.1. The largest absolute Gasteiger partial charge is 0.465 e. The first-order valence-corrected chi connectivity index (χ1v) is 12.0. The van der Waals surface area contributed by atoms with Crippen LogP contribution in [0.4, 0.5) is 0 Å². The summed E-state index contributed by atoms with van der Waals surface area (Å²) in [5.74, 6) is 0.0707. The number of pyridine rings is 1. The third-order valence-electron chi connectivity index (χ3n) is 5.15. The summed E-state index contributed by atoms with van der Waals surface area (Å²) in [5.41, 5.74) is 1.79. The highest BCUT2D eigenvalue weighted by atomic mass is 32.2. The Hall–Kier alpha value is -2.98. The molecule has 1 unspecified atom stereocenters. The van der Waals surface area contributed by atoms with Crippen molar-refractivity contribution < 1.29 is 22.4 Å². The van der Waals surface area contributed by atoms with E-state index in [4.69, 9.17) is 19.2 Å². The van der Waals surface area contributed by atoms with Gasteiger partial charge in [0.1, 0.15) is 11.4 Å². The fourth-order valence-electron chi connectivity index (χ4n) is 3.77. The minimum absolute atomic E-state index is 0.00607. The topological polar surface area (TPSA) is 104 Å². The summed E-state index contributed by atoms with van der Waals surface area (Å²) in [6, 6.07) is 8.56. The fraction of sp³-hybridized carbons (Fsp3) is 0.250. The van der Waals surface area contributed by atoms with Crippen molar-refractivity contribution in [3.05, 3.63) is 47.5 Å². The maximum Gasteiger partial charge on any atom is 0.338 e. The molecule has 4 aromatic heterocycles. The molecule has 0 aromatic carbocycles. The quantitative estimate of drug-likeness (QED) is 0.444. The number of ether oxygens (including phenoxy) is 1. The van der Waals surface area contributed by atoms with E-state index in [0.717, 1.165) is 4.88 Å². The zero-order valence-electron chi connectivity index (χ0n) is 15.9. The highest BCUT2D eigenvalue weighted by molar-refractivity contribution is 7.91. The molecule has 0 saturated carbocycles. The van der Waals surface area contributed by atoms with Gasteiger partial charge < -0.3 is 9.15 Å². The number of thiophene rings is 1. The molecule has 5 heterocycles. The Kier molecular flexibility index (Phi) is 4.48. The van der Waals surface area contributed by atoms with E-state index in [1.165, 1.54) is 24.7 Å². The van der Waals surface area contributed by atoms with Gasteiger partial charge in [-0.05, 0) is 36.1 Å². The Morgan fingerprint density at radius 1 is 1.33 bits per heavy atom. The van der Waals surface area contributed by atoms with Gasteiger partial charge in [0.25, 0.3) is 0 Å². The molecule has 4 aromatic rings. The van der Waals surface area contributed by atoms with Crippen molar-refractivity contribution in [3.8, 4) is 22.0 Å². The number of rotatable bonds is 4. The molecule has 1 saturated heterocycles. The third kappa shape index (κ3) is 3.12. The van der Waals surface area contributed by atoms with Crippen LogP contribution >= 0.6 is 11.3 Å². The van der Waals surface area contributed by atoms with Crippen molar-refractivity contribution in [2.24, 2.45) is 0 Å². The number of sulfone groups is 1. The molecular weight excluding hydrogens is 426 g/mol. The maximum absolute atomic E-state index is 12.7. The van der Waals surface area contributed by atoms with Gasteiger partial charge in [-0.1, -0.05) is 6.07 Å². The van der Waals surface area contributed by atoms with E-state index in [2.05, 4.69) is 0 Å². The van der Waals surface area contributed by atoms with Crippen LogP contribution in [0.15, 0.2) is 46.4 Å². The molecule has 0 bridgehead atoms. The van der Waals surface area contributed by atoms with E-state index >= 15 is 0 Å². The SMILES string of the molecule is COC(=O)c1cc(-c2ccco2)nc2c1c(-c1cccs1)nn2C1CCS(=O)(=O)C1. The number of nitrogens with zero attached hydrogens (tertiary/aromatic N) is 3. The Morgan fingerprint density at radius 3 is 2.83 bits per heavy atom. The number of hydrogen-bond donors (Lipinski definition) is 0. The standard InChI is InChI=1S/C20H17N3O5S2/c1-27-20(24)13-10-14(15-4-2-7-28-15)21-19-17(13)18(16-5-3-8-29-16)22-23(19)12-6-9-30(25,26)11-12/h2-5,7-8,10,12H,6,9,11H2,1H3. The van der Waals surface area contributed by atoms with Gasteiger partial charge in [-0.3, -0.25) is 0 Å². The third-order valence-corrected chi connectivity index (χ3v) is 7.78. The number of methoxy groups -OCH3 is 1. The number of fused-ring (bicyclic) bond motifs is 1. The van der Waals surface area contributed by atoms with E-state index < -0.39 is 15.8 Å². The molecule has 154 valence electrons. The van der Waals surface area contributed by atoms with E-state index in [0.29, 0.717) is 40.2 Å². The lowest BCUT2D eigenvalue weighted by Gasteiger charge is -2.10. The van der Waals surface area contributed by atoms with Crippen LogP contribution in [0, 0.1) is 0 Å². The van der Waals surface area contributed by atoms with Crippen LogP contribution in [0.2, 0.25) is 0 Å². The lowest BCUT2D eigenvalue weighted by Crippen LogP contribution is -2.13. The second kappa shape index (κ2) is 7.06. The molecule has 8 nitrogen and oxygen atoms in total. The molecule has 0 N–H and O–H groups in total. The van der Waals surface area contributed by atoms with Crippen molar-refractivity contribution in [1.29, 1.82) is 0 Å². The fourth-order valence-corrected chi connectivity index (χ4v) is 6.17. The molecule has 0 aliphatic carbocycles. The highest BCUT2D eigenvalue weighted by Gasteiger charge is 2.33. The zero-order valence-corrected chi connectivity index (χ0v) is 17.6. The minimum atomic E-state index is -3.14. The summed E-state index contributed by atoms with van der Waals surface area (Å²) in [5, 5.41) is 7.21. The molecule has 30 heavy (non-hydrogen) atoms. The van der Waals surface area contributed by atoms with Crippen molar-refractivity contribution in [1.82, 2.24) is 14.8 Å². The molecule has 1 atom stereocenters. The van der Waals surface area contributed by atoms with Crippen LogP contribution in [-0.2, 0) is 14.6 Å². The van der Waals surface area contributed by atoms with Gasteiger partial charge in [0, 0.05) is 0 Å². The monoisotopic (exact) mass is 443 g/mol. The van der Waals surface area contributed by atoms with Crippen molar-refractivity contribution in [2.75, 3.05) is 18.6 Å². The summed E-state index contributed by atoms with van der Waals surface area (Å²) in [7, 11) is -1.82. The van der Waals surface area contributed by atoms with Crippen LogP contribution < -0.4 is 0 Å². The molecule has 1 fully saturated rings. The Labute approximate surface area is 176 Å². The Balaban J connectivity index is 1.83. The first-order chi connectivity index (χ1) is 14.5. The van der Waals surface area contributed by atoms with Crippen molar-refractivity contribution in [2.45, 2.75) is 12.5 Å². The molecule has 1 aliphatic rings. The van der Waals surface area contributed by atoms with Crippen LogP contribution in [0.5, 0.6) is 0 Å². The number of carbonyl (C=O) groups excluding carboxylic acids is 1. The van der Waals surface area contributed by atoms with Gasteiger partial charge in [-0.2, -0.15) is 5.10 Å². The molecule has 1 aliphatic heterocycles. The summed E-state index contributed by atoms with van der Waals surface area (Å²) >= 11 is 1.48. The lowest BCUT2D eigenvalue weighted by molar-refractivity contribution is 0.0603. The predicted octanol–water partition coefficient (Wildman–Crippen LogP) is 3.57. The molecule has 5 rings (SSSR count). The van der Waals surface area contributed by atoms with Crippen molar-refractivity contribution >= 4 is 38.2 Å². The predicted molar refractivity (Wildman–Crippen MR) is 112 cm³/mol. The van der Waals surface area contributed by atoms with E-state index in [1.807, 2.05) is 17.5 Å². The number of carbonyl (C=O) groups is 1. The Bertz CT molecular complexity index is 1340. The molecule has 0 radical (unpaired) electrons. The molecule has 10 heteroatoms. The summed E-state index contributed by atoms with van der Waals surface area (Å²) in [6.45, 7) is 0. The second-order valence-electron chi connectivity index (χ2n) is 7.05. The highest BCUT2D eigenvalue weighted by Crippen LogP contribution is 2.37. The Morgan fingerprint density at radius 2 is 2.20 bits per heavy atom. The average Bonchev–Trinajstić information content (AvgIpc) is 3.51. The van der Waals surface area contributed by atoms with E-state index in [-0.39, 0.29) is 17.5 Å². The molecule has 0 spiro atoms. The summed E-state index contributed by atoms with van der Waals surface area (Å²) in [6.07, 6.45) is 1.97. The van der Waals surface area contributed by atoms with Gasteiger partial charge in [-0.25, -0.2) is 22.9 Å². The zero-order chi connectivity index (χ0) is 20.9. The van der Waals surface area contributed by atoms with Crippen LogP contribution in [0.3, 0.4) is 0 Å². The van der Waals surface area contributed by atoms with E-state index in [1.54, 1.807) is 22.9 Å². The number of furan rings is 1. The maximum atomic E-state index is 12.7. The van der Waals surface area contributed by atoms with Gasteiger partial charge in [0.05, 0.1) is 46.7 Å². The number of hydrogen-bond acceptors (Lipinski definition) is 8. The van der Waals surface area contributed by atoms with Crippen LogP contribution in [0.25, 0.3) is 33.1 Å². The van der Waals surface area contributed by atoms with Crippen molar-refractivity contribution in [3.63, 3.8) is 0 Å². The van der Waals surface area contributed by atoms with Gasteiger partial charge >= 0.3 is 5.97 Å². The second-order valence-corrected chi connectivity index (χ2v) is 10.2. The first kappa shape index (κ1) is 19.0. The van der Waals surface area contributed by atoms with E-state index in [9.17, 15) is 13.2 Å². The lowest BCUT2D eigenvalue weighted by atomic mass is 10.1. The van der Waals surface area contributed by atoms with Gasteiger partial charge in [-0.15, -0.1) is 11.3 Å². The van der Waals surface area contributed by atoms with Gasteiger partial charge in [0.15, 0.2) is 21.2 Å². The van der Waals surface area contributed by atoms with Crippen LogP contribution in [0.1, 0.15) is 22.8 Å². The number of esters is 1. The summed E-state index contributed by atoms with van der Waals surface area (Å²) in [4.78, 5) is 18.3. The average molecular weight is 444 g/mol. The van der Waals surface area contributed by atoms with Crippen LogP contribution in [-0.4, -0.2) is 47.8 Å². The van der Waals surface area contributed by atoms with Gasteiger partial charge in [0.2, 0.25) is 0 Å².